The van der Waals surface area contributed by atoms with Crippen LogP contribution in [0.5, 0.6) is 5.75 Å². The van der Waals surface area contributed by atoms with Crippen molar-refractivity contribution in [2.75, 3.05) is 12.9 Å². The Bertz CT molecular complexity index is 596. The normalized spacial score (nSPS) is 20.2. The second kappa shape index (κ2) is 5.81. The molecule has 1 aromatic carbocycles. The summed E-state index contributed by atoms with van der Waals surface area (Å²) in [5.74, 6) is 1.04. The second-order valence-corrected chi connectivity index (χ2v) is 5.98. The van der Waals surface area contributed by atoms with Crippen molar-refractivity contribution in [2.24, 2.45) is 0 Å². The van der Waals surface area contributed by atoms with Crippen molar-refractivity contribution in [2.45, 2.75) is 18.4 Å². The van der Waals surface area contributed by atoms with Gasteiger partial charge in [0.2, 0.25) is 5.91 Å². The van der Waals surface area contributed by atoms with E-state index >= 15 is 0 Å². The molecule has 0 unspecified atom stereocenters. The first kappa shape index (κ1) is 14.0. The van der Waals surface area contributed by atoms with Crippen LogP contribution in [-0.2, 0) is 20.9 Å². The number of thioether (sulfide) groups is 1. The summed E-state index contributed by atoms with van der Waals surface area (Å²) in [6.45, 7) is 0.181. The zero-order valence-electron chi connectivity index (χ0n) is 11.6. The number of amides is 1. The van der Waals surface area contributed by atoms with Gasteiger partial charge in [0, 0.05) is 5.75 Å². The maximum atomic E-state index is 12.1. The van der Waals surface area contributed by atoms with E-state index in [1.807, 2.05) is 24.3 Å². The average Bonchev–Trinajstić information content (AvgIpc) is 2.51. The smallest absolute Gasteiger partial charge is 0.355 e. The quantitative estimate of drug-likeness (QED) is 0.628. The van der Waals surface area contributed by atoms with Crippen molar-refractivity contribution in [1.82, 2.24) is 4.90 Å². The van der Waals surface area contributed by atoms with E-state index in [9.17, 15) is 9.59 Å². The SMILES string of the molecule is COc1ccc(COC(=O)C2=CCS[C@H]3CC(=O)N23)cc1. The lowest BCUT2D eigenvalue weighted by molar-refractivity contribution is -0.150. The van der Waals surface area contributed by atoms with Crippen LogP contribution in [0.15, 0.2) is 36.0 Å². The fourth-order valence-electron chi connectivity index (χ4n) is 2.27. The van der Waals surface area contributed by atoms with Crippen molar-refractivity contribution in [3.8, 4) is 5.75 Å². The Balaban J connectivity index is 1.61. The molecule has 110 valence electrons. The third kappa shape index (κ3) is 2.76. The maximum Gasteiger partial charge on any atom is 0.355 e. The Morgan fingerprint density at radius 1 is 1.38 bits per heavy atom. The molecule has 2 heterocycles. The van der Waals surface area contributed by atoms with Crippen molar-refractivity contribution in [1.29, 1.82) is 0 Å². The number of benzene rings is 1. The highest BCUT2D eigenvalue weighted by Gasteiger charge is 2.43. The van der Waals surface area contributed by atoms with E-state index in [-0.39, 0.29) is 17.9 Å². The first-order chi connectivity index (χ1) is 10.2. The van der Waals surface area contributed by atoms with Crippen LogP contribution in [0.4, 0.5) is 0 Å². The van der Waals surface area contributed by atoms with Crippen LogP contribution in [0.1, 0.15) is 12.0 Å². The summed E-state index contributed by atoms with van der Waals surface area (Å²) in [5, 5.41) is 0.103. The number of methoxy groups -OCH3 is 1. The third-order valence-electron chi connectivity index (χ3n) is 3.47. The summed E-state index contributed by atoms with van der Waals surface area (Å²) in [4.78, 5) is 25.2. The minimum atomic E-state index is -0.441. The number of carbonyl (C=O) groups excluding carboxylic acids is 2. The summed E-state index contributed by atoms with van der Waals surface area (Å²) >= 11 is 1.66. The highest BCUT2D eigenvalue weighted by molar-refractivity contribution is 8.00. The summed E-state index contributed by atoms with van der Waals surface area (Å²) in [5.41, 5.74) is 1.25. The maximum absolute atomic E-state index is 12.1. The molecule has 0 N–H and O–H groups in total. The molecule has 0 spiro atoms. The van der Waals surface area contributed by atoms with E-state index < -0.39 is 5.97 Å². The van der Waals surface area contributed by atoms with Crippen molar-refractivity contribution < 1.29 is 19.1 Å². The predicted molar refractivity (Wildman–Crippen MR) is 78.6 cm³/mol. The first-order valence-corrected chi connectivity index (χ1v) is 7.68. The third-order valence-corrected chi connectivity index (χ3v) is 4.59. The molecule has 6 heteroatoms. The van der Waals surface area contributed by atoms with Gasteiger partial charge in [-0.15, -0.1) is 11.8 Å². The van der Waals surface area contributed by atoms with Crippen molar-refractivity contribution in [3.05, 3.63) is 41.6 Å². The van der Waals surface area contributed by atoms with Gasteiger partial charge in [-0.05, 0) is 23.8 Å². The molecule has 0 aromatic heterocycles. The molecule has 0 bridgehead atoms. The Morgan fingerprint density at radius 3 is 2.81 bits per heavy atom. The molecule has 1 aromatic rings. The van der Waals surface area contributed by atoms with Gasteiger partial charge in [-0.1, -0.05) is 12.1 Å². The number of ether oxygens (including phenoxy) is 2. The molecule has 1 atom stereocenters. The zero-order chi connectivity index (χ0) is 14.8. The van der Waals surface area contributed by atoms with Crippen LogP contribution in [0.25, 0.3) is 0 Å². The number of fused-ring (bicyclic) bond motifs is 1. The van der Waals surface area contributed by atoms with Crippen LogP contribution in [0.3, 0.4) is 0 Å². The van der Waals surface area contributed by atoms with Gasteiger partial charge in [0.05, 0.1) is 18.9 Å². The summed E-state index contributed by atoms with van der Waals surface area (Å²) < 4.78 is 10.4. The van der Waals surface area contributed by atoms with Gasteiger partial charge in [-0.3, -0.25) is 9.69 Å². The lowest BCUT2D eigenvalue weighted by Gasteiger charge is -2.42. The van der Waals surface area contributed by atoms with Gasteiger partial charge in [0.1, 0.15) is 18.1 Å². The molecule has 1 amide bonds. The predicted octanol–water partition coefficient (Wildman–Crippen LogP) is 1.93. The minimum Gasteiger partial charge on any atom is -0.497 e. The number of hydrogen-bond donors (Lipinski definition) is 0. The molecule has 2 aliphatic heterocycles. The summed E-state index contributed by atoms with van der Waals surface area (Å²) in [6.07, 6.45) is 2.27. The van der Waals surface area contributed by atoms with Crippen LogP contribution in [0.2, 0.25) is 0 Å². The number of hydrogen-bond acceptors (Lipinski definition) is 5. The van der Waals surface area contributed by atoms with Crippen LogP contribution in [0, 0.1) is 0 Å². The van der Waals surface area contributed by atoms with E-state index in [0.29, 0.717) is 12.1 Å². The second-order valence-electron chi connectivity index (χ2n) is 4.77. The number of rotatable bonds is 4. The van der Waals surface area contributed by atoms with Crippen molar-refractivity contribution in [3.63, 3.8) is 0 Å². The molecule has 2 aliphatic rings. The van der Waals surface area contributed by atoms with E-state index in [1.165, 1.54) is 4.90 Å². The largest absolute Gasteiger partial charge is 0.497 e. The molecule has 1 fully saturated rings. The standard InChI is InChI=1S/C15H15NO4S/c1-19-11-4-2-10(3-5-11)9-20-15(18)12-6-7-21-14-8-13(17)16(12)14/h2-6,14H,7-9H2,1H3/t14-/m0/s1. The molecule has 0 radical (unpaired) electrons. The van der Waals surface area contributed by atoms with E-state index in [1.54, 1.807) is 24.9 Å². The fraction of sp³-hybridized carbons (Fsp3) is 0.333. The monoisotopic (exact) mass is 305 g/mol. The Hall–Kier alpha value is -1.95. The van der Waals surface area contributed by atoms with Gasteiger partial charge < -0.3 is 9.47 Å². The van der Waals surface area contributed by atoms with Gasteiger partial charge in [0.15, 0.2) is 0 Å². The topological polar surface area (TPSA) is 55.8 Å². The van der Waals surface area contributed by atoms with Gasteiger partial charge in [0.25, 0.3) is 0 Å². The number of β-lactam (4-membered cyclic amide) rings is 1. The minimum absolute atomic E-state index is 0.0140. The molecule has 3 rings (SSSR count). The van der Waals surface area contributed by atoms with Gasteiger partial charge >= 0.3 is 5.97 Å². The zero-order valence-corrected chi connectivity index (χ0v) is 12.4. The van der Waals surface area contributed by atoms with Crippen LogP contribution < -0.4 is 4.74 Å². The highest BCUT2D eigenvalue weighted by atomic mass is 32.2. The van der Waals surface area contributed by atoms with Crippen molar-refractivity contribution >= 4 is 23.6 Å². The molecular formula is C15H15NO4S. The molecule has 0 saturated carbocycles. The fourth-order valence-corrected chi connectivity index (χ4v) is 3.39. The Morgan fingerprint density at radius 2 is 2.14 bits per heavy atom. The lowest BCUT2D eigenvalue weighted by Crippen LogP contribution is -2.53. The van der Waals surface area contributed by atoms with Crippen LogP contribution >= 0.6 is 11.8 Å². The lowest BCUT2D eigenvalue weighted by atomic mass is 10.1. The first-order valence-electron chi connectivity index (χ1n) is 6.63. The van der Waals surface area contributed by atoms with Gasteiger partial charge in [-0.2, -0.15) is 0 Å². The summed E-state index contributed by atoms with van der Waals surface area (Å²) in [6, 6.07) is 7.31. The van der Waals surface area contributed by atoms with E-state index in [4.69, 9.17) is 9.47 Å². The number of nitrogens with zero attached hydrogens (tertiary/aromatic N) is 1. The number of esters is 1. The Labute approximate surface area is 126 Å². The molecule has 5 nitrogen and oxygen atoms in total. The number of carbonyl (C=O) groups is 2. The molecular weight excluding hydrogens is 290 g/mol. The van der Waals surface area contributed by atoms with E-state index in [2.05, 4.69) is 0 Å². The summed E-state index contributed by atoms with van der Waals surface area (Å²) in [7, 11) is 1.60. The van der Waals surface area contributed by atoms with Gasteiger partial charge in [-0.25, -0.2) is 4.79 Å². The molecule has 1 saturated heterocycles. The Kier molecular flexibility index (Phi) is 3.88. The molecule has 0 aliphatic carbocycles. The molecule has 21 heavy (non-hydrogen) atoms. The average molecular weight is 305 g/mol. The highest BCUT2D eigenvalue weighted by Crippen LogP contribution is 2.37. The van der Waals surface area contributed by atoms with E-state index in [0.717, 1.165) is 17.1 Å². The van der Waals surface area contributed by atoms with Crippen LogP contribution in [-0.4, -0.2) is 35.0 Å².